The van der Waals surface area contributed by atoms with Gasteiger partial charge in [-0.15, -0.1) is 0 Å². The maximum absolute atomic E-state index is 10.9. The van der Waals surface area contributed by atoms with Crippen molar-refractivity contribution in [2.45, 2.75) is 32.2 Å². The minimum absolute atomic E-state index is 0.295. The van der Waals surface area contributed by atoms with Crippen LogP contribution in [0.25, 0.3) is 0 Å². The Labute approximate surface area is 73.9 Å². The Bertz CT molecular complexity index is 159. The second-order valence-electron chi connectivity index (χ2n) is 3.53. The zero-order valence-corrected chi connectivity index (χ0v) is 7.75. The van der Waals surface area contributed by atoms with Crippen molar-refractivity contribution in [1.29, 1.82) is 0 Å². The summed E-state index contributed by atoms with van der Waals surface area (Å²) in [5.41, 5.74) is 5.47. The molecular formula is C9H18N2O. The predicted molar refractivity (Wildman–Crippen MR) is 48.9 cm³/mol. The lowest BCUT2D eigenvalue weighted by molar-refractivity contribution is -0.118. The van der Waals surface area contributed by atoms with E-state index in [1.165, 1.54) is 12.8 Å². The van der Waals surface area contributed by atoms with Gasteiger partial charge in [0.25, 0.3) is 0 Å². The first kappa shape index (κ1) is 9.68. The normalized spacial score (nSPS) is 24.7. The molecular weight excluding hydrogens is 152 g/mol. The van der Waals surface area contributed by atoms with Crippen LogP contribution in [-0.2, 0) is 4.79 Å². The summed E-state index contributed by atoms with van der Waals surface area (Å²) in [5, 5.41) is 0. The van der Waals surface area contributed by atoms with Gasteiger partial charge in [-0.25, -0.2) is 0 Å². The first-order valence-corrected chi connectivity index (χ1v) is 4.67. The Morgan fingerprint density at radius 1 is 1.67 bits per heavy atom. The first-order valence-electron chi connectivity index (χ1n) is 4.67. The van der Waals surface area contributed by atoms with E-state index in [2.05, 4.69) is 4.90 Å². The van der Waals surface area contributed by atoms with Crippen LogP contribution in [0.3, 0.4) is 0 Å². The number of nitrogens with zero attached hydrogens (tertiary/aromatic N) is 1. The van der Waals surface area contributed by atoms with Crippen molar-refractivity contribution in [2.24, 2.45) is 5.73 Å². The van der Waals surface area contributed by atoms with Crippen molar-refractivity contribution in [3.8, 4) is 0 Å². The molecule has 1 aliphatic rings. The van der Waals surface area contributed by atoms with Crippen LogP contribution in [-0.4, -0.2) is 36.4 Å². The minimum atomic E-state index is 0.295. The van der Waals surface area contributed by atoms with E-state index in [0.717, 1.165) is 13.1 Å². The Hall–Kier alpha value is -0.410. The molecule has 0 unspecified atom stereocenters. The molecule has 0 aromatic carbocycles. The quantitative estimate of drug-likeness (QED) is 0.664. The molecule has 1 aliphatic heterocycles. The van der Waals surface area contributed by atoms with E-state index in [-0.39, 0.29) is 0 Å². The maximum atomic E-state index is 10.9. The van der Waals surface area contributed by atoms with Gasteiger partial charge in [0.05, 0.1) is 0 Å². The van der Waals surface area contributed by atoms with Crippen LogP contribution < -0.4 is 5.73 Å². The molecule has 0 radical (unpaired) electrons. The molecule has 12 heavy (non-hydrogen) atoms. The van der Waals surface area contributed by atoms with Crippen LogP contribution in [0.4, 0.5) is 0 Å². The largest absolute Gasteiger partial charge is 0.329 e. The number of likely N-dealkylation sites (tertiary alicyclic amines) is 1. The zero-order valence-electron chi connectivity index (χ0n) is 7.75. The van der Waals surface area contributed by atoms with Crippen molar-refractivity contribution >= 4 is 5.78 Å². The summed E-state index contributed by atoms with van der Waals surface area (Å²) in [5.74, 6) is 0.295. The molecule has 0 aromatic rings. The summed E-state index contributed by atoms with van der Waals surface area (Å²) < 4.78 is 0. The molecule has 1 heterocycles. The van der Waals surface area contributed by atoms with E-state index in [1.807, 2.05) is 0 Å². The van der Waals surface area contributed by atoms with Crippen molar-refractivity contribution in [1.82, 2.24) is 4.90 Å². The third kappa shape index (κ3) is 2.57. The van der Waals surface area contributed by atoms with E-state index < -0.39 is 0 Å². The second kappa shape index (κ2) is 4.58. The molecule has 0 bridgehead atoms. The molecule has 1 fully saturated rings. The molecule has 1 rings (SSSR count). The lowest BCUT2D eigenvalue weighted by Gasteiger charge is -2.22. The highest BCUT2D eigenvalue weighted by Gasteiger charge is 2.24. The van der Waals surface area contributed by atoms with Gasteiger partial charge in [0, 0.05) is 25.6 Å². The van der Waals surface area contributed by atoms with Crippen LogP contribution >= 0.6 is 0 Å². The summed E-state index contributed by atoms with van der Waals surface area (Å²) in [7, 11) is 0. The monoisotopic (exact) mass is 170 g/mol. The van der Waals surface area contributed by atoms with E-state index in [9.17, 15) is 4.79 Å². The van der Waals surface area contributed by atoms with Crippen LogP contribution in [0.15, 0.2) is 0 Å². The molecule has 2 N–H and O–H groups in total. The minimum Gasteiger partial charge on any atom is -0.329 e. The molecule has 0 aromatic heterocycles. The number of ketones is 1. The SMILES string of the molecule is CC(=O)C[C@@H]1CCCN1CCN. The zero-order chi connectivity index (χ0) is 8.97. The van der Waals surface area contributed by atoms with Gasteiger partial charge in [-0.05, 0) is 26.3 Å². The molecule has 0 spiro atoms. The topological polar surface area (TPSA) is 46.3 Å². The van der Waals surface area contributed by atoms with Gasteiger partial charge in [-0.1, -0.05) is 0 Å². The van der Waals surface area contributed by atoms with E-state index in [1.54, 1.807) is 6.92 Å². The Balaban J connectivity index is 2.35. The molecule has 1 saturated heterocycles. The molecule has 0 aliphatic carbocycles. The van der Waals surface area contributed by atoms with E-state index >= 15 is 0 Å². The highest BCUT2D eigenvalue weighted by molar-refractivity contribution is 5.76. The molecule has 3 heteroatoms. The number of nitrogens with two attached hydrogens (primary N) is 1. The third-order valence-electron chi connectivity index (χ3n) is 2.44. The average molecular weight is 170 g/mol. The van der Waals surface area contributed by atoms with Crippen molar-refractivity contribution in [3.63, 3.8) is 0 Å². The van der Waals surface area contributed by atoms with Gasteiger partial charge in [0.1, 0.15) is 5.78 Å². The lowest BCUT2D eigenvalue weighted by Crippen LogP contribution is -2.34. The molecule has 3 nitrogen and oxygen atoms in total. The Morgan fingerprint density at radius 3 is 3.00 bits per heavy atom. The van der Waals surface area contributed by atoms with Crippen LogP contribution in [0.2, 0.25) is 0 Å². The highest BCUT2D eigenvalue weighted by atomic mass is 16.1. The molecule has 70 valence electrons. The number of rotatable bonds is 4. The number of hydrogen-bond donors (Lipinski definition) is 1. The summed E-state index contributed by atoms with van der Waals surface area (Å²) >= 11 is 0. The maximum Gasteiger partial charge on any atom is 0.131 e. The summed E-state index contributed by atoms with van der Waals surface area (Å²) in [6.45, 7) is 4.43. The highest BCUT2D eigenvalue weighted by Crippen LogP contribution is 2.19. The Morgan fingerprint density at radius 2 is 2.42 bits per heavy atom. The van der Waals surface area contributed by atoms with Gasteiger partial charge >= 0.3 is 0 Å². The van der Waals surface area contributed by atoms with Crippen LogP contribution in [0, 0.1) is 0 Å². The molecule has 1 atom stereocenters. The fraction of sp³-hybridized carbons (Fsp3) is 0.889. The van der Waals surface area contributed by atoms with Crippen molar-refractivity contribution < 1.29 is 4.79 Å². The second-order valence-corrected chi connectivity index (χ2v) is 3.53. The molecule has 0 saturated carbocycles. The smallest absolute Gasteiger partial charge is 0.131 e. The van der Waals surface area contributed by atoms with E-state index in [0.29, 0.717) is 24.8 Å². The fourth-order valence-corrected chi connectivity index (χ4v) is 1.92. The van der Waals surface area contributed by atoms with Gasteiger partial charge in [-0.3, -0.25) is 9.69 Å². The van der Waals surface area contributed by atoms with E-state index in [4.69, 9.17) is 5.73 Å². The number of carbonyl (C=O) groups excluding carboxylic acids is 1. The average Bonchev–Trinajstić information content (AvgIpc) is 2.37. The summed E-state index contributed by atoms with van der Waals surface area (Å²) in [6, 6.07) is 0.478. The number of hydrogen-bond acceptors (Lipinski definition) is 3. The standard InChI is InChI=1S/C9H18N2O/c1-8(12)7-9-3-2-5-11(9)6-4-10/h9H,2-7,10H2,1H3/t9-/m0/s1. The van der Waals surface area contributed by atoms with Crippen LogP contribution in [0.1, 0.15) is 26.2 Å². The van der Waals surface area contributed by atoms with Gasteiger partial charge in [0.15, 0.2) is 0 Å². The number of Topliss-reactive ketones (excluding diaryl/α,β-unsaturated/α-hetero) is 1. The van der Waals surface area contributed by atoms with Crippen molar-refractivity contribution in [2.75, 3.05) is 19.6 Å². The lowest BCUT2D eigenvalue weighted by atomic mass is 10.1. The Kier molecular flexibility index (Phi) is 3.69. The van der Waals surface area contributed by atoms with Gasteiger partial charge < -0.3 is 5.73 Å². The molecule has 0 amide bonds. The van der Waals surface area contributed by atoms with Crippen LogP contribution in [0.5, 0.6) is 0 Å². The third-order valence-corrected chi connectivity index (χ3v) is 2.44. The van der Waals surface area contributed by atoms with Gasteiger partial charge in [0.2, 0.25) is 0 Å². The van der Waals surface area contributed by atoms with Crippen molar-refractivity contribution in [3.05, 3.63) is 0 Å². The summed E-state index contributed by atoms with van der Waals surface area (Å²) in [4.78, 5) is 13.2. The first-order chi connectivity index (χ1) is 5.74. The fourth-order valence-electron chi connectivity index (χ4n) is 1.92. The predicted octanol–water partition coefficient (Wildman–Crippen LogP) is 0.389. The number of carbonyl (C=O) groups is 1. The summed E-state index contributed by atoms with van der Waals surface area (Å²) in [6.07, 6.45) is 3.09. The van der Waals surface area contributed by atoms with Gasteiger partial charge in [-0.2, -0.15) is 0 Å².